The summed E-state index contributed by atoms with van der Waals surface area (Å²) in [6.45, 7) is 8.86. The Hall–Kier alpha value is -2.06. The van der Waals surface area contributed by atoms with Gasteiger partial charge in [0.15, 0.2) is 0 Å². The third-order valence-corrected chi connectivity index (χ3v) is 6.61. The van der Waals surface area contributed by atoms with Crippen molar-refractivity contribution in [2.75, 3.05) is 0 Å². The number of aromatic carboxylic acids is 1. The maximum Gasteiger partial charge on any atom is 0.335 e. The SMILES string of the molecule is C=C(c1ccc(C(=O)O)cc1)c1cc2c(cc1Cl)C(C)(C)CCC21CC1. The summed E-state index contributed by atoms with van der Waals surface area (Å²) in [5.41, 5.74) is 6.29. The molecule has 3 heteroatoms. The maximum absolute atomic E-state index is 11.1. The van der Waals surface area contributed by atoms with Gasteiger partial charge in [-0.05, 0) is 83.0 Å². The van der Waals surface area contributed by atoms with Crippen molar-refractivity contribution in [2.45, 2.75) is 50.4 Å². The van der Waals surface area contributed by atoms with Crippen molar-refractivity contribution in [1.29, 1.82) is 0 Å². The number of halogens is 1. The van der Waals surface area contributed by atoms with Crippen molar-refractivity contribution in [1.82, 2.24) is 0 Å². The molecule has 1 fully saturated rings. The standard InChI is InChI=1S/C23H23ClO2/c1-14(15-4-6-16(7-5-15)21(25)26)17-12-19-18(13-20(17)24)22(2,3)8-9-23(19)10-11-23/h4-7,12-13H,1,8-11H2,2-3H3,(H,25,26). The minimum absolute atomic E-state index is 0.149. The Morgan fingerprint density at radius 1 is 1.00 bits per heavy atom. The van der Waals surface area contributed by atoms with Gasteiger partial charge >= 0.3 is 5.97 Å². The van der Waals surface area contributed by atoms with Crippen LogP contribution in [0.25, 0.3) is 5.57 Å². The number of carboxylic acid groups (broad SMARTS) is 1. The van der Waals surface area contributed by atoms with Crippen molar-refractivity contribution in [3.05, 3.63) is 75.8 Å². The quantitative estimate of drug-likeness (QED) is 0.701. The summed E-state index contributed by atoms with van der Waals surface area (Å²) in [4.78, 5) is 11.1. The van der Waals surface area contributed by atoms with Gasteiger partial charge < -0.3 is 5.11 Å². The van der Waals surface area contributed by atoms with Gasteiger partial charge in [-0.2, -0.15) is 0 Å². The number of carbonyl (C=O) groups is 1. The van der Waals surface area contributed by atoms with E-state index < -0.39 is 5.97 Å². The summed E-state index contributed by atoms with van der Waals surface area (Å²) in [6, 6.07) is 11.2. The smallest absolute Gasteiger partial charge is 0.335 e. The topological polar surface area (TPSA) is 37.3 Å². The molecule has 4 rings (SSSR count). The van der Waals surface area contributed by atoms with Gasteiger partial charge in [0.2, 0.25) is 0 Å². The summed E-state index contributed by atoms with van der Waals surface area (Å²) in [6.07, 6.45) is 4.97. The van der Waals surface area contributed by atoms with Gasteiger partial charge in [-0.15, -0.1) is 0 Å². The Morgan fingerprint density at radius 3 is 2.15 bits per heavy atom. The molecule has 0 atom stereocenters. The summed E-state index contributed by atoms with van der Waals surface area (Å²) >= 11 is 6.67. The average molecular weight is 367 g/mol. The van der Waals surface area contributed by atoms with E-state index in [1.54, 1.807) is 24.3 Å². The number of hydrogen-bond acceptors (Lipinski definition) is 1. The molecule has 2 aliphatic rings. The first-order valence-electron chi connectivity index (χ1n) is 9.11. The zero-order valence-electron chi connectivity index (χ0n) is 15.2. The van der Waals surface area contributed by atoms with Crippen LogP contribution in [-0.2, 0) is 10.8 Å². The monoisotopic (exact) mass is 366 g/mol. The molecule has 0 amide bonds. The van der Waals surface area contributed by atoms with Gasteiger partial charge in [-0.3, -0.25) is 0 Å². The van der Waals surface area contributed by atoms with E-state index in [2.05, 4.69) is 32.6 Å². The van der Waals surface area contributed by atoms with E-state index >= 15 is 0 Å². The van der Waals surface area contributed by atoms with Gasteiger partial charge in [-0.1, -0.05) is 44.2 Å². The predicted octanol–water partition coefficient (Wildman–Crippen LogP) is 6.20. The Kier molecular flexibility index (Phi) is 3.82. The Balaban J connectivity index is 1.78. The van der Waals surface area contributed by atoms with Crippen molar-refractivity contribution >= 4 is 23.1 Å². The second-order valence-electron chi connectivity index (χ2n) is 8.40. The van der Waals surface area contributed by atoms with E-state index in [0.29, 0.717) is 5.41 Å². The fourth-order valence-electron chi connectivity index (χ4n) is 4.26. The summed E-state index contributed by atoms with van der Waals surface area (Å²) in [5.74, 6) is -0.924. The molecule has 0 bridgehead atoms. The van der Waals surface area contributed by atoms with Crippen LogP contribution in [0.3, 0.4) is 0 Å². The molecule has 0 aromatic heterocycles. The van der Waals surface area contributed by atoms with Crippen LogP contribution in [0.15, 0.2) is 43.0 Å². The fraction of sp³-hybridized carbons (Fsp3) is 0.348. The molecule has 2 nitrogen and oxygen atoms in total. The van der Waals surface area contributed by atoms with E-state index in [0.717, 1.165) is 21.7 Å². The second kappa shape index (κ2) is 5.72. The third-order valence-electron chi connectivity index (χ3n) is 6.30. The fourth-order valence-corrected chi connectivity index (χ4v) is 4.54. The molecule has 0 aliphatic heterocycles. The van der Waals surface area contributed by atoms with Crippen molar-refractivity contribution in [3.63, 3.8) is 0 Å². The highest BCUT2D eigenvalue weighted by Gasteiger charge is 2.50. The second-order valence-corrected chi connectivity index (χ2v) is 8.81. The van der Waals surface area contributed by atoms with Crippen LogP contribution in [0.5, 0.6) is 0 Å². The molecular formula is C23H23ClO2. The maximum atomic E-state index is 11.1. The molecule has 0 heterocycles. The van der Waals surface area contributed by atoms with Crippen LogP contribution in [-0.4, -0.2) is 11.1 Å². The molecule has 1 N–H and O–H groups in total. The molecular weight excluding hydrogens is 344 g/mol. The van der Waals surface area contributed by atoms with Gasteiger partial charge in [0.05, 0.1) is 5.56 Å². The summed E-state index contributed by atoms with van der Waals surface area (Å²) < 4.78 is 0. The highest BCUT2D eigenvalue weighted by Crippen LogP contribution is 2.59. The van der Waals surface area contributed by atoms with Gasteiger partial charge in [-0.25, -0.2) is 4.79 Å². The first-order valence-corrected chi connectivity index (χ1v) is 9.49. The van der Waals surface area contributed by atoms with Crippen LogP contribution in [0, 0.1) is 0 Å². The van der Waals surface area contributed by atoms with Crippen LogP contribution < -0.4 is 0 Å². The number of rotatable bonds is 3. The third kappa shape index (κ3) is 2.68. The molecule has 0 unspecified atom stereocenters. The number of benzene rings is 2. The molecule has 2 aliphatic carbocycles. The van der Waals surface area contributed by atoms with Crippen LogP contribution in [0.2, 0.25) is 5.02 Å². The van der Waals surface area contributed by atoms with Gasteiger partial charge in [0.1, 0.15) is 0 Å². The lowest BCUT2D eigenvalue weighted by atomic mass is 9.66. The molecule has 1 spiro atoms. The average Bonchev–Trinajstić information content (AvgIpc) is 3.39. The van der Waals surface area contributed by atoms with E-state index in [1.165, 1.54) is 36.8 Å². The molecule has 0 radical (unpaired) electrons. The van der Waals surface area contributed by atoms with E-state index in [-0.39, 0.29) is 11.0 Å². The molecule has 134 valence electrons. The van der Waals surface area contributed by atoms with Crippen molar-refractivity contribution in [2.24, 2.45) is 0 Å². The lowest BCUT2D eigenvalue weighted by molar-refractivity contribution is 0.0697. The van der Waals surface area contributed by atoms with Gasteiger partial charge in [0, 0.05) is 10.6 Å². The van der Waals surface area contributed by atoms with Crippen LogP contribution in [0.4, 0.5) is 0 Å². The molecule has 2 aromatic rings. The Morgan fingerprint density at radius 2 is 1.58 bits per heavy atom. The zero-order valence-corrected chi connectivity index (χ0v) is 16.0. The molecule has 1 saturated carbocycles. The lowest BCUT2D eigenvalue weighted by Gasteiger charge is -2.38. The minimum atomic E-state index is -0.924. The van der Waals surface area contributed by atoms with E-state index in [1.807, 2.05) is 0 Å². The summed E-state index contributed by atoms with van der Waals surface area (Å²) in [7, 11) is 0. The molecule has 0 saturated heterocycles. The zero-order chi connectivity index (χ0) is 18.7. The van der Waals surface area contributed by atoms with Gasteiger partial charge in [0.25, 0.3) is 0 Å². The predicted molar refractivity (Wildman–Crippen MR) is 106 cm³/mol. The van der Waals surface area contributed by atoms with Crippen molar-refractivity contribution < 1.29 is 9.90 Å². The Bertz CT molecular complexity index is 918. The number of fused-ring (bicyclic) bond motifs is 2. The Labute approximate surface area is 159 Å². The first kappa shape index (κ1) is 17.4. The van der Waals surface area contributed by atoms with E-state index in [4.69, 9.17) is 16.7 Å². The molecule has 26 heavy (non-hydrogen) atoms. The minimum Gasteiger partial charge on any atom is -0.478 e. The number of hydrogen-bond donors (Lipinski definition) is 1. The largest absolute Gasteiger partial charge is 0.478 e. The number of carboxylic acids is 1. The van der Waals surface area contributed by atoms with E-state index in [9.17, 15) is 4.79 Å². The molecule has 2 aromatic carbocycles. The lowest BCUT2D eigenvalue weighted by Crippen LogP contribution is -2.30. The van der Waals surface area contributed by atoms with Crippen LogP contribution in [0.1, 0.15) is 72.1 Å². The van der Waals surface area contributed by atoms with Crippen molar-refractivity contribution in [3.8, 4) is 0 Å². The van der Waals surface area contributed by atoms with Crippen LogP contribution >= 0.6 is 11.6 Å². The highest BCUT2D eigenvalue weighted by atomic mass is 35.5. The first-order chi connectivity index (χ1) is 12.2. The normalized spacial score (nSPS) is 19.0. The highest BCUT2D eigenvalue weighted by molar-refractivity contribution is 6.32. The summed E-state index contributed by atoms with van der Waals surface area (Å²) in [5, 5.41) is 9.80.